The molecule has 1 aromatic carbocycles. The number of aromatic hydroxyl groups is 1. The quantitative estimate of drug-likeness (QED) is 0.566. The van der Waals surface area contributed by atoms with Crippen molar-refractivity contribution in [3.63, 3.8) is 0 Å². The molecule has 3 aromatic rings. The number of hydrogen-bond donors (Lipinski definition) is 2. The number of rotatable bonds is 5. The minimum absolute atomic E-state index is 0.0831. The van der Waals surface area contributed by atoms with Crippen molar-refractivity contribution in [1.82, 2.24) is 25.2 Å². The number of fused-ring (bicyclic) bond motifs is 1. The molecular formula is C23H22F3N5O4. The summed E-state index contributed by atoms with van der Waals surface area (Å²) < 4.78 is 43.6. The van der Waals surface area contributed by atoms with Crippen LogP contribution >= 0.6 is 0 Å². The number of carbonyl (C=O) groups is 2. The molecule has 0 aliphatic carbocycles. The zero-order valence-electron chi connectivity index (χ0n) is 18.6. The lowest BCUT2D eigenvalue weighted by molar-refractivity contribution is -0.137. The van der Waals surface area contributed by atoms with Crippen LogP contribution in [-0.4, -0.2) is 62.0 Å². The zero-order chi connectivity index (χ0) is 25.2. The molecule has 0 spiro atoms. The number of nitrogens with one attached hydrogen (secondary N) is 1. The number of halogens is 3. The van der Waals surface area contributed by atoms with Crippen LogP contribution in [-0.2, 0) is 11.0 Å². The Hall–Kier alpha value is -3.96. The lowest BCUT2D eigenvalue weighted by atomic mass is 10.1. The van der Waals surface area contributed by atoms with E-state index in [-0.39, 0.29) is 23.6 Å². The number of hydrogen-bond acceptors (Lipinski definition) is 7. The average Bonchev–Trinajstić information content (AvgIpc) is 2.83. The SMILES string of the molecule is C[C@H](NC(=O)c1nc2ccccc2nc1O)C(=O)N1CCC(Oc2ccc(C(F)(F)F)cn2)CC1. The van der Waals surface area contributed by atoms with Gasteiger partial charge in [0.15, 0.2) is 5.69 Å². The monoisotopic (exact) mass is 489 g/mol. The maximum atomic E-state index is 12.8. The maximum Gasteiger partial charge on any atom is 0.417 e. The minimum Gasteiger partial charge on any atom is -0.492 e. The molecular weight excluding hydrogens is 467 g/mol. The van der Waals surface area contributed by atoms with Crippen LogP contribution in [0, 0.1) is 0 Å². The molecule has 1 fully saturated rings. The number of nitrogens with zero attached hydrogens (tertiary/aromatic N) is 4. The van der Waals surface area contributed by atoms with Crippen LogP contribution in [0.15, 0.2) is 42.6 Å². The van der Waals surface area contributed by atoms with Crippen LogP contribution in [0.2, 0.25) is 0 Å². The fraction of sp³-hybridized carbons (Fsp3) is 0.348. The number of aromatic nitrogens is 3. The smallest absolute Gasteiger partial charge is 0.417 e. The highest BCUT2D eigenvalue weighted by Crippen LogP contribution is 2.29. The molecule has 1 aliphatic heterocycles. The molecule has 3 heterocycles. The number of piperidine rings is 1. The average molecular weight is 489 g/mol. The van der Waals surface area contributed by atoms with Crippen molar-refractivity contribution >= 4 is 22.8 Å². The molecule has 0 bridgehead atoms. The summed E-state index contributed by atoms with van der Waals surface area (Å²) >= 11 is 0. The van der Waals surface area contributed by atoms with E-state index in [1.807, 2.05) is 0 Å². The lowest BCUT2D eigenvalue weighted by Crippen LogP contribution is -2.50. The molecule has 12 heteroatoms. The summed E-state index contributed by atoms with van der Waals surface area (Å²) in [7, 11) is 0. The van der Waals surface area contributed by atoms with E-state index < -0.39 is 29.6 Å². The first-order valence-electron chi connectivity index (χ1n) is 10.9. The van der Waals surface area contributed by atoms with E-state index in [1.54, 1.807) is 29.2 Å². The van der Waals surface area contributed by atoms with E-state index >= 15 is 0 Å². The van der Waals surface area contributed by atoms with Gasteiger partial charge in [-0.2, -0.15) is 13.2 Å². The second-order valence-corrected chi connectivity index (χ2v) is 8.11. The van der Waals surface area contributed by atoms with E-state index in [1.165, 1.54) is 13.0 Å². The van der Waals surface area contributed by atoms with Gasteiger partial charge in [-0.3, -0.25) is 9.59 Å². The van der Waals surface area contributed by atoms with Crippen molar-refractivity contribution in [2.24, 2.45) is 0 Å². The highest BCUT2D eigenvalue weighted by atomic mass is 19.4. The van der Waals surface area contributed by atoms with Gasteiger partial charge in [-0.1, -0.05) is 12.1 Å². The first-order valence-corrected chi connectivity index (χ1v) is 10.9. The number of amides is 2. The highest BCUT2D eigenvalue weighted by molar-refractivity contribution is 5.98. The van der Waals surface area contributed by atoms with Gasteiger partial charge < -0.3 is 20.1 Å². The highest BCUT2D eigenvalue weighted by Gasteiger charge is 2.32. The Kier molecular flexibility index (Phi) is 6.72. The van der Waals surface area contributed by atoms with Gasteiger partial charge in [0.1, 0.15) is 12.1 Å². The number of ether oxygens (including phenoxy) is 1. The summed E-state index contributed by atoms with van der Waals surface area (Å²) in [5.41, 5.74) is -0.273. The van der Waals surface area contributed by atoms with Gasteiger partial charge in [-0.15, -0.1) is 0 Å². The number of para-hydroxylation sites is 2. The lowest BCUT2D eigenvalue weighted by Gasteiger charge is -2.33. The van der Waals surface area contributed by atoms with Gasteiger partial charge in [0.2, 0.25) is 17.7 Å². The fourth-order valence-electron chi connectivity index (χ4n) is 3.73. The van der Waals surface area contributed by atoms with Gasteiger partial charge in [-0.25, -0.2) is 15.0 Å². The largest absolute Gasteiger partial charge is 0.492 e. The zero-order valence-corrected chi connectivity index (χ0v) is 18.6. The predicted octanol–water partition coefficient (Wildman–Crippen LogP) is 2.94. The number of pyridine rings is 1. The molecule has 1 saturated heterocycles. The summed E-state index contributed by atoms with van der Waals surface area (Å²) in [6, 6.07) is 7.94. The van der Waals surface area contributed by atoms with Crippen molar-refractivity contribution in [3.05, 3.63) is 53.9 Å². The van der Waals surface area contributed by atoms with Crippen molar-refractivity contribution in [3.8, 4) is 11.8 Å². The molecule has 2 aromatic heterocycles. The van der Waals surface area contributed by atoms with Gasteiger partial charge in [0, 0.05) is 38.2 Å². The topological polar surface area (TPSA) is 118 Å². The fourth-order valence-corrected chi connectivity index (χ4v) is 3.73. The Morgan fingerprint density at radius 2 is 1.77 bits per heavy atom. The van der Waals surface area contributed by atoms with E-state index in [4.69, 9.17) is 4.74 Å². The van der Waals surface area contributed by atoms with Gasteiger partial charge in [0.05, 0.1) is 16.6 Å². The van der Waals surface area contributed by atoms with E-state index in [2.05, 4.69) is 20.3 Å². The first-order chi connectivity index (χ1) is 16.6. The minimum atomic E-state index is -4.47. The van der Waals surface area contributed by atoms with Crippen LogP contribution in [0.5, 0.6) is 11.8 Å². The molecule has 1 aliphatic rings. The number of likely N-dealkylation sites (tertiary alicyclic amines) is 1. The van der Waals surface area contributed by atoms with Crippen LogP contribution < -0.4 is 10.1 Å². The van der Waals surface area contributed by atoms with E-state index in [0.717, 1.165) is 12.3 Å². The Balaban J connectivity index is 1.30. The van der Waals surface area contributed by atoms with Crippen molar-refractivity contribution in [2.45, 2.75) is 38.1 Å². The Morgan fingerprint density at radius 3 is 2.37 bits per heavy atom. The molecule has 9 nitrogen and oxygen atoms in total. The molecule has 2 N–H and O–H groups in total. The van der Waals surface area contributed by atoms with Gasteiger partial charge in [-0.05, 0) is 25.1 Å². The summed E-state index contributed by atoms with van der Waals surface area (Å²) in [5, 5.41) is 12.6. The molecule has 2 amide bonds. The number of carbonyl (C=O) groups excluding carboxylic acids is 2. The summed E-state index contributed by atoms with van der Waals surface area (Å²) in [5.74, 6) is -1.50. The first kappa shape index (κ1) is 24.2. The normalized spacial score (nSPS) is 15.6. The molecule has 0 saturated carbocycles. The molecule has 184 valence electrons. The van der Waals surface area contributed by atoms with E-state index in [9.17, 15) is 27.9 Å². The molecule has 0 radical (unpaired) electrons. The van der Waals surface area contributed by atoms with E-state index in [0.29, 0.717) is 37.0 Å². The summed E-state index contributed by atoms with van der Waals surface area (Å²) in [6.45, 7) is 2.21. The van der Waals surface area contributed by atoms with Crippen LogP contribution in [0.4, 0.5) is 13.2 Å². The standard InChI is InChI=1S/C23H22F3N5O4/c1-13(28-20(32)19-21(33)30-17-5-3-2-4-16(17)29-19)22(34)31-10-8-15(9-11-31)35-18-7-6-14(12-27-18)23(24,25)26/h2-7,12-13,15H,8-11H2,1H3,(H,28,32)(H,30,33)/t13-/m0/s1. The predicted molar refractivity (Wildman–Crippen MR) is 118 cm³/mol. The molecule has 1 atom stereocenters. The number of alkyl halides is 3. The maximum absolute atomic E-state index is 12.8. The molecule has 35 heavy (non-hydrogen) atoms. The van der Waals surface area contributed by atoms with Crippen LogP contribution in [0.25, 0.3) is 11.0 Å². The third kappa shape index (κ3) is 5.58. The Labute approximate surface area is 198 Å². The number of benzene rings is 1. The molecule has 0 unspecified atom stereocenters. The third-order valence-electron chi connectivity index (χ3n) is 5.59. The second kappa shape index (κ2) is 9.72. The van der Waals surface area contributed by atoms with Crippen molar-refractivity contribution < 1.29 is 32.6 Å². The Bertz CT molecular complexity index is 1230. The van der Waals surface area contributed by atoms with Crippen LogP contribution in [0.1, 0.15) is 35.8 Å². The van der Waals surface area contributed by atoms with Crippen molar-refractivity contribution in [1.29, 1.82) is 0 Å². The Morgan fingerprint density at radius 1 is 1.11 bits per heavy atom. The molecule has 4 rings (SSSR count). The van der Waals surface area contributed by atoms with Gasteiger partial charge in [0.25, 0.3) is 5.91 Å². The van der Waals surface area contributed by atoms with Gasteiger partial charge >= 0.3 is 6.18 Å². The second-order valence-electron chi connectivity index (χ2n) is 8.11. The van der Waals surface area contributed by atoms with Crippen molar-refractivity contribution in [2.75, 3.05) is 13.1 Å². The summed E-state index contributed by atoms with van der Waals surface area (Å²) in [6.07, 6.45) is -3.16. The summed E-state index contributed by atoms with van der Waals surface area (Å²) in [4.78, 5) is 38.8. The van der Waals surface area contributed by atoms with Crippen LogP contribution in [0.3, 0.4) is 0 Å². The third-order valence-corrected chi connectivity index (χ3v) is 5.59.